The van der Waals surface area contributed by atoms with Gasteiger partial charge in [-0.05, 0) is 31.7 Å². The number of hydrogen-bond acceptors (Lipinski definition) is 3. The van der Waals surface area contributed by atoms with Gasteiger partial charge >= 0.3 is 0 Å². The summed E-state index contributed by atoms with van der Waals surface area (Å²) >= 11 is 0. The van der Waals surface area contributed by atoms with E-state index in [0.717, 1.165) is 30.4 Å². The number of nitrogens with one attached hydrogen (secondary N) is 2. The van der Waals surface area contributed by atoms with Crippen molar-refractivity contribution in [2.75, 3.05) is 13.2 Å². The Hall–Kier alpha value is -1.05. The highest BCUT2D eigenvalue weighted by Crippen LogP contribution is 2.28. The summed E-state index contributed by atoms with van der Waals surface area (Å²) in [5, 5.41) is 6.74. The van der Waals surface area contributed by atoms with Gasteiger partial charge in [0.2, 0.25) is 5.88 Å². The molecule has 0 amide bonds. The summed E-state index contributed by atoms with van der Waals surface area (Å²) < 4.78 is 5.67. The van der Waals surface area contributed by atoms with E-state index in [0.29, 0.717) is 25.1 Å². The molecule has 0 saturated heterocycles. The molecule has 2 atom stereocenters. The fourth-order valence-electron chi connectivity index (χ4n) is 2.06. The Kier molecular flexibility index (Phi) is 8.52. The molecule has 2 N–H and O–H groups in total. The molecule has 124 valence electrons. The number of guanidine groups is 1. The lowest BCUT2D eigenvalue weighted by Crippen LogP contribution is -2.39. The number of hydrogen-bond donors (Lipinski definition) is 2. The molecule has 0 radical (unpaired) electrons. The minimum atomic E-state index is 0. The van der Waals surface area contributed by atoms with Crippen molar-refractivity contribution in [3.05, 3.63) is 23.9 Å². The molecule has 6 heteroatoms. The fraction of sp³-hybridized carbons (Fsp3) is 0.625. The third-order valence-electron chi connectivity index (χ3n) is 3.48. The second-order valence-electron chi connectivity index (χ2n) is 5.48. The number of aromatic nitrogens is 1. The van der Waals surface area contributed by atoms with Gasteiger partial charge in [-0.3, -0.25) is 0 Å². The van der Waals surface area contributed by atoms with Crippen LogP contribution in [0.1, 0.15) is 39.2 Å². The zero-order chi connectivity index (χ0) is 15.1. The first-order valence-corrected chi connectivity index (χ1v) is 7.86. The predicted molar refractivity (Wildman–Crippen MR) is 101 cm³/mol. The van der Waals surface area contributed by atoms with Gasteiger partial charge in [-0.2, -0.15) is 0 Å². The van der Waals surface area contributed by atoms with Crippen LogP contribution in [0.3, 0.4) is 0 Å². The average molecular weight is 418 g/mol. The van der Waals surface area contributed by atoms with Gasteiger partial charge in [0.25, 0.3) is 0 Å². The molecule has 1 aliphatic rings. The van der Waals surface area contributed by atoms with E-state index in [1.54, 1.807) is 6.20 Å². The maximum Gasteiger partial charge on any atom is 0.218 e. The third kappa shape index (κ3) is 5.98. The number of aliphatic imine (C=N–C) groups is 1. The summed E-state index contributed by atoms with van der Waals surface area (Å²) in [6.07, 6.45) is 3.96. The smallest absolute Gasteiger partial charge is 0.218 e. The van der Waals surface area contributed by atoms with E-state index >= 15 is 0 Å². The molecule has 2 rings (SSSR count). The van der Waals surface area contributed by atoms with Crippen LogP contribution in [0.15, 0.2) is 23.3 Å². The molecule has 5 nitrogen and oxygen atoms in total. The van der Waals surface area contributed by atoms with E-state index < -0.39 is 0 Å². The molecule has 22 heavy (non-hydrogen) atoms. The van der Waals surface area contributed by atoms with Crippen LogP contribution in [0.25, 0.3) is 0 Å². The van der Waals surface area contributed by atoms with Gasteiger partial charge in [-0.15, -0.1) is 24.0 Å². The first-order valence-electron chi connectivity index (χ1n) is 7.86. The first kappa shape index (κ1) is 19.0. The quantitative estimate of drug-likeness (QED) is 0.406. The normalized spacial score (nSPS) is 20.0. The Morgan fingerprint density at radius 2 is 2.23 bits per heavy atom. The molecule has 1 aliphatic carbocycles. The molecule has 1 aromatic heterocycles. The Morgan fingerprint density at radius 3 is 2.86 bits per heavy atom. The van der Waals surface area contributed by atoms with Gasteiger partial charge in [-0.1, -0.05) is 19.9 Å². The minimum absolute atomic E-state index is 0. The Bertz CT molecular complexity index is 481. The van der Waals surface area contributed by atoms with Crippen LogP contribution >= 0.6 is 24.0 Å². The summed E-state index contributed by atoms with van der Waals surface area (Å²) in [6.45, 7) is 8.53. The van der Waals surface area contributed by atoms with Crippen LogP contribution in [-0.4, -0.2) is 30.1 Å². The van der Waals surface area contributed by atoms with Crippen LogP contribution in [0.4, 0.5) is 0 Å². The van der Waals surface area contributed by atoms with E-state index in [-0.39, 0.29) is 24.0 Å². The van der Waals surface area contributed by atoms with E-state index in [9.17, 15) is 0 Å². The second-order valence-corrected chi connectivity index (χ2v) is 5.48. The summed E-state index contributed by atoms with van der Waals surface area (Å²) in [6, 6.07) is 4.50. The maximum atomic E-state index is 5.67. The molecule has 1 fully saturated rings. The van der Waals surface area contributed by atoms with Crippen molar-refractivity contribution >= 4 is 29.9 Å². The highest BCUT2D eigenvalue weighted by Gasteiger charge is 2.33. The van der Waals surface area contributed by atoms with Crippen molar-refractivity contribution in [1.82, 2.24) is 15.6 Å². The molecule has 1 saturated carbocycles. The molecule has 2 unspecified atom stereocenters. The Morgan fingerprint density at radius 1 is 1.45 bits per heavy atom. The first-order chi connectivity index (χ1) is 10.2. The number of pyridine rings is 1. The largest absolute Gasteiger partial charge is 0.477 e. The van der Waals surface area contributed by atoms with Crippen molar-refractivity contribution in [2.24, 2.45) is 10.9 Å². The zero-order valence-corrected chi connectivity index (χ0v) is 16.0. The molecular weight excluding hydrogens is 391 g/mol. The molecule has 0 bridgehead atoms. The van der Waals surface area contributed by atoms with E-state index in [1.165, 1.54) is 6.42 Å². The number of halogens is 1. The Labute approximate surface area is 150 Å². The summed E-state index contributed by atoms with van der Waals surface area (Å²) in [4.78, 5) is 8.93. The standard InChI is InChI=1S/C16H26N4O.HI/c1-4-9-21-15-13(7-6-8-18-15)11-19-16(17-5-2)20-14-10-12(14)3;/h6-8,12,14H,4-5,9-11H2,1-3H3,(H2,17,19,20);1H. The van der Waals surface area contributed by atoms with Crippen molar-refractivity contribution < 1.29 is 4.74 Å². The average Bonchev–Trinajstić information content (AvgIpc) is 3.19. The van der Waals surface area contributed by atoms with E-state index in [4.69, 9.17) is 4.74 Å². The molecule has 0 aromatic carbocycles. The minimum Gasteiger partial charge on any atom is -0.477 e. The zero-order valence-electron chi connectivity index (χ0n) is 13.6. The summed E-state index contributed by atoms with van der Waals surface area (Å²) in [7, 11) is 0. The van der Waals surface area contributed by atoms with Gasteiger partial charge < -0.3 is 15.4 Å². The number of ether oxygens (including phenoxy) is 1. The third-order valence-corrected chi connectivity index (χ3v) is 3.48. The Balaban J connectivity index is 0.00000242. The van der Waals surface area contributed by atoms with Gasteiger partial charge in [-0.25, -0.2) is 9.98 Å². The van der Waals surface area contributed by atoms with Crippen LogP contribution in [-0.2, 0) is 6.54 Å². The lowest BCUT2D eigenvalue weighted by Gasteiger charge is -2.12. The SMILES string of the molecule is CCCOc1ncccc1CN=C(NCC)NC1CC1C.I. The fourth-order valence-corrected chi connectivity index (χ4v) is 2.06. The highest BCUT2D eigenvalue weighted by atomic mass is 127. The number of nitrogens with zero attached hydrogens (tertiary/aromatic N) is 2. The lowest BCUT2D eigenvalue weighted by molar-refractivity contribution is 0.302. The van der Waals surface area contributed by atoms with Gasteiger partial charge in [0.1, 0.15) is 0 Å². The van der Waals surface area contributed by atoms with Crippen molar-refractivity contribution in [3.63, 3.8) is 0 Å². The van der Waals surface area contributed by atoms with E-state index in [2.05, 4.69) is 41.4 Å². The molecule has 1 aromatic rings. The van der Waals surface area contributed by atoms with Crippen molar-refractivity contribution in [1.29, 1.82) is 0 Å². The molecular formula is C16H27IN4O. The number of rotatable bonds is 7. The van der Waals surface area contributed by atoms with Crippen LogP contribution in [0.2, 0.25) is 0 Å². The van der Waals surface area contributed by atoms with Crippen molar-refractivity contribution in [3.8, 4) is 5.88 Å². The predicted octanol–water partition coefficient (Wildman–Crippen LogP) is 2.95. The van der Waals surface area contributed by atoms with Crippen LogP contribution < -0.4 is 15.4 Å². The van der Waals surface area contributed by atoms with Gasteiger partial charge in [0.15, 0.2) is 5.96 Å². The topological polar surface area (TPSA) is 58.5 Å². The van der Waals surface area contributed by atoms with Crippen LogP contribution in [0.5, 0.6) is 5.88 Å². The van der Waals surface area contributed by atoms with E-state index in [1.807, 2.05) is 12.1 Å². The molecule has 1 heterocycles. The second kappa shape index (κ2) is 9.86. The monoisotopic (exact) mass is 418 g/mol. The molecule has 0 aliphatic heterocycles. The van der Waals surface area contributed by atoms with Gasteiger partial charge in [0.05, 0.1) is 13.2 Å². The summed E-state index contributed by atoms with van der Waals surface area (Å²) in [5.41, 5.74) is 1.02. The maximum absolute atomic E-state index is 5.67. The lowest BCUT2D eigenvalue weighted by atomic mass is 10.3. The molecule has 0 spiro atoms. The van der Waals surface area contributed by atoms with Gasteiger partial charge in [0, 0.05) is 24.3 Å². The van der Waals surface area contributed by atoms with Crippen molar-refractivity contribution in [2.45, 2.75) is 46.2 Å². The van der Waals surface area contributed by atoms with Crippen LogP contribution in [0, 0.1) is 5.92 Å². The summed E-state index contributed by atoms with van der Waals surface area (Å²) in [5.74, 6) is 2.31. The highest BCUT2D eigenvalue weighted by molar-refractivity contribution is 14.0.